The SMILES string of the molecule is CCOC(=O)C1=C(O)/C(=C/c2cc(Br)ccc2OCc2ccccc2C#N)SC1=NC(=O)c1ccc(C)cc1. The number of hydrogen-bond donors (Lipinski definition) is 1. The molecular formula is C30H23BrN2O5S. The van der Waals surface area contributed by atoms with E-state index < -0.39 is 11.9 Å². The van der Waals surface area contributed by atoms with E-state index in [1.54, 1.807) is 61.5 Å². The van der Waals surface area contributed by atoms with E-state index in [1.807, 2.05) is 25.1 Å². The number of benzene rings is 3. The van der Waals surface area contributed by atoms with Gasteiger partial charge in [0.05, 0.1) is 23.1 Å². The molecule has 1 heterocycles. The van der Waals surface area contributed by atoms with Gasteiger partial charge in [-0.05, 0) is 56.3 Å². The van der Waals surface area contributed by atoms with Gasteiger partial charge in [0.2, 0.25) is 0 Å². The maximum absolute atomic E-state index is 12.9. The fourth-order valence-corrected chi connectivity index (χ4v) is 5.04. The van der Waals surface area contributed by atoms with Crippen LogP contribution in [0.1, 0.15) is 39.5 Å². The summed E-state index contributed by atoms with van der Waals surface area (Å²) in [7, 11) is 0. The smallest absolute Gasteiger partial charge is 0.344 e. The molecule has 4 rings (SSSR count). The number of carbonyl (C=O) groups excluding carboxylic acids is 2. The lowest BCUT2D eigenvalue weighted by Gasteiger charge is -2.11. The lowest BCUT2D eigenvalue weighted by atomic mass is 10.1. The Morgan fingerprint density at radius 1 is 1.13 bits per heavy atom. The van der Waals surface area contributed by atoms with Gasteiger partial charge in [0.25, 0.3) is 5.91 Å². The van der Waals surface area contributed by atoms with Crippen molar-refractivity contribution in [1.82, 2.24) is 0 Å². The van der Waals surface area contributed by atoms with Gasteiger partial charge in [-0.2, -0.15) is 5.26 Å². The zero-order valence-electron chi connectivity index (χ0n) is 21.1. The van der Waals surface area contributed by atoms with Gasteiger partial charge in [-0.1, -0.05) is 63.6 Å². The Balaban J connectivity index is 1.70. The maximum atomic E-state index is 12.9. The van der Waals surface area contributed by atoms with E-state index in [4.69, 9.17) is 9.47 Å². The van der Waals surface area contributed by atoms with Gasteiger partial charge in [0, 0.05) is 21.2 Å². The molecule has 1 aliphatic heterocycles. The van der Waals surface area contributed by atoms with Crippen molar-refractivity contribution in [3.63, 3.8) is 0 Å². The first kappa shape index (κ1) is 27.9. The molecule has 0 aliphatic carbocycles. The van der Waals surface area contributed by atoms with Gasteiger partial charge >= 0.3 is 5.97 Å². The minimum absolute atomic E-state index is 0.0446. The van der Waals surface area contributed by atoms with Crippen molar-refractivity contribution in [2.75, 3.05) is 6.61 Å². The Hall–Kier alpha value is -4.13. The summed E-state index contributed by atoms with van der Waals surface area (Å²) in [6.45, 7) is 3.80. The number of aryl methyl sites for hydroxylation is 1. The Bertz CT molecular complexity index is 1570. The van der Waals surface area contributed by atoms with Crippen molar-refractivity contribution in [2.45, 2.75) is 20.5 Å². The van der Waals surface area contributed by atoms with Gasteiger partial charge in [-0.25, -0.2) is 9.79 Å². The number of aliphatic hydroxyl groups excluding tert-OH is 1. The van der Waals surface area contributed by atoms with Crippen LogP contribution >= 0.6 is 27.7 Å². The van der Waals surface area contributed by atoms with Crippen LogP contribution in [0.15, 0.2) is 92.4 Å². The van der Waals surface area contributed by atoms with Crippen LogP contribution < -0.4 is 4.74 Å². The van der Waals surface area contributed by atoms with Gasteiger partial charge < -0.3 is 14.6 Å². The van der Waals surface area contributed by atoms with Crippen molar-refractivity contribution in [3.8, 4) is 11.8 Å². The second kappa shape index (κ2) is 12.6. The molecule has 0 aromatic heterocycles. The van der Waals surface area contributed by atoms with E-state index in [1.165, 1.54) is 0 Å². The van der Waals surface area contributed by atoms with Crippen molar-refractivity contribution in [3.05, 3.63) is 115 Å². The molecule has 3 aromatic carbocycles. The Labute approximate surface area is 238 Å². The summed E-state index contributed by atoms with van der Waals surface area (Å²) in [5.41, 5.74) is 3.02. The largest absolute Gasteiger partial charge is 0.506 e. The molecule has 0 saturated carbocycles. The summed E-state index contributed by atoms with van der Waals surface area (Å²) in [5, 5.41) is 20.5. The monoisotopic (exact) mass is 602 g/mol. The number of thioether (sulfide) groups is 1. The molecule has 0 spiro atoms. The minimum Gasteiger partial charge on any atom is -0.506 e. The average Bonchev–Trinajstić information content (AvgIpc) is 3.22. The molecule has 1 N–H and O–H groups in total. The molecule has 3 aromatic rings. The molecule has 39 heavy (non-hydrogen) atoms. The van der Waals surface area contributed by atoms with Crippen molar-refractivity contribution >= 4 is 50.7 Å². The highest BCUT2D eigenvalue weighted by Gasteiger charge is 2.34. The second-order valence-electron chi connectivity index (χ2n) is 8.38. The first-order valence-electron chi connectivity index (χ1n) is 11.9. The van der Waals surface area contributed by atoms with Crippen LogP contribution in [-0.4, -0.2) is 28.6 Å². The van der Waals surface area contributed by atoms with E-state index in [0.29, 0.717) is 27.3 Å². The molecule has 1 amide bonds. The third-order valence-electron chi connectivity index (χ3n) is 5.65. The van der Waals surface area contributed by atoms with Crippen molar-refractivity contribution in [1.29, 1.82) is 5.26 Å². The Morgan fingerprint density at radius 2 is 1.87 bits per heavy atom. The molecule has 9 heteroatoms. The number of aliphatic hydroxyl groups is 1. The van der Waals surface area contributed by atoms with Crippen LogP contribution in [-0.2, 0) is 16.1 Å². The third kappa shape index (κ3) is 6.66. The molecule has 0 radical (unpaired) electrons. The number of aliphatic imine (C=N–C) groups is 1. The second-order valence-corrected chi connectivity index (χ2v) is 10.3. The Kier molecular flexibility index (Phi) is 9.02. The van der Waals surface area contributed by atoms with Crippen LogP contribution in [0.25, 0.3) is 6.08 Å². The van der Waals surface area contributed by atoms with Crippen molar-refractivity contribution < 1.29 is 24.2 Å². The summed E-state index contributed by atoms with van der Waals surface area (Å²) in [6.07, 6.45) is 1.65. The summed E-state index contributed by atoms with van der Waals surface area (Å²) in [4.78, 5) is 30.0. The molecule has 0 unspecified atom stereocenters. The summed E-state index contributed by atoms with van der Waals surface area (Å²) in [5.74, 6) is -1.17. The number of rotatable bonds is 7. The van der Waals surface area contributed by atoms with E-state index >= 15 is 0 Å². The van der Waals surface area contributed by atoms with E-state index in [9.17, 15) is 20.0 Å². The highest BCUT2D eigenvalue weighted by Crippen LogP contribution is 2.40. The fourth-order valence-electron chi connectivity index (χ4n) is 3.66. The summed E-state index contributed by atoms with van der Waals surface area (Å²) in [6, 6.07) is 21.6. The predicted octanol–water partition coefficient (Wildman–Crippen LogP) is 6.91. The zero-order chi connectivity index (χ0) is 27.9. The van der Waals surface area contributed by atoms with Gasteiger partial charge in [0.15, 0.2) is 0 Å². The van der Waals surface area contributed by atoms with Crippen LogP contribution in [0.2, 0.25) is 0 Å². The third-order valence-corrected chi connectivity index (χ3v) is 7.16. The molecule has 0 bridgehead atoms. The van der Waals surface area contributed by atoms with Crippen LogP contribution in [0.5, 0.6) is 5.75 Å². The molecule has 0 fully saturated rings. The summed E-state index contributed by atoms with van der Waals surface area (Å²) >= 11 is 4.45. The van der Waals surface area contributed by atoms with Gasteiger partial charge in [0.1, 0.15) is 28.7 Å². The number of esters is 1. The first-order valence-corrected chi connectivity index (χ1v) is 13.5. The predicted molar refractivity (Wildman–Crippen MR) is 154 cm³/mol. The lowest BCUT2D eigenvalue weighted by Crippen LogP contribution is -2.14. The van der Waals surface area contributed by atoms with Gasteiger partial charge in [-0.15, -0.1) is 0 Å². The number of nitrogens with zero attached hydrogens (tertiary/aromatic N) is 2. The number of halogens is 1. The van der Waals surface area contributed by atoms with Crippen molar-refractivity contribution in [2.24, 2.45) is 4.99 Å². The van der Waals surface area contributed by atoms with E-state index in [-0.39, 0.29) is 29.6 Å². The topological polar surface area (TPSA) is 109 Å². The molecular weight excluding hydrogens is 580 g/mol. The number of carbonyl (C=O) groups is 2. The lowest BCUT2D eigenvalue weighted by molar-refractivity contribution is -0.138. The molecule has 0 saturated heterocycles. The maximum Gasteiger partial charge on any atom is 0.344 e. The fraction of sp³-hybridized carbons (Fsp3) is 0.133. The number of hydrogen-bond acceptors (Lipinski definition) is 7. The molecule has 0 atom stereocenters. The normalized spacial score (nSPS) is 14.9. The number of ether oxygens (including phenoxy) is 2. The average molecular weight is 603 g/mol. The van der Waals surface area contributed by atoms with Crippen LogP contribution in [0.4, 0.5) is 0 Å². The van der Waals surface area contributed by atoms with Gasteiger partial charge in [-0.3, -0.25) is 4.79 Å². The highest BCUT2D eigenvalue weighted by atomic mass is 79.9. The highest BCUT2D eigenvalue weighted by molar-refractivity contribution is 9.10. The molecule has 1 aliphatic rings. The standard InChI is InChI=1S/C30H23BrN2O5S/c1-3-37-30(36)26-27(34)25(39-29(26)33-28(35)19-10-8-18(2)9-11-19)15-22-14-23(31)12-13-24(22)38-17-21-7-5-4-6-20(21)16-32/h4-15,34H,3,17H2,1-2H3/b25-15-,33-29?. The Morgan fingerprint density at radius 3 is 2.59 bits per heavy atom. The number of nitriles is 1. The number of amides is 1. The quantitative estimate of drug-likeness (QED) is 0.292. The molecule has 7 nitrogen and oxygen atoms in total. The van der Waals surface area contributed by atoms with E-state index in [0.717, 1.165) is 27.4 Å². The zero-order valence-corrected chi connectivity index (χ0v) is 23.5. The summed E-state index contributed by atoms with van der Waals surface area (Å²) < 4.78 is 11.9. The van der Waals surface area contributed by atoms with Crippen LogP contribution in [0.3, 0.4) is 0 Å². The van der Waals surface area contributed by atoms with Crippen LogP contribution in [0, 0.1) is 18.3 Å². The first-order chi connectivity index (χ1) is 18.8. The van der Waals surface area contributed by atoms with E-state index in [2.05, 4.69) is 27.0 Å². The minimum atomic E-state index is -0.778. The molecule has 196 valence electrons.